The molecule has 1 fully saturated rings. The van der Waals surface area contributed by atoms with Crippen LogP contribution in [0.25, 0.3) is 0 Å². The van der Waals surface area contributed by atoms with Gasteiger partial charge < -0.3 is 0 Å². The van der Waals surface area contributed by atoms with Crippen LogP contribution in [0.1, 0.15) is 56.8 Å². The number of benzene rings is 1. The maximum Gasteiger partial charge on any atom is 0.166 e. The van der Waals surface area contributed by atoms with Crippen LogP contribution in [0.2, 0.25) is 0 Å². The predicted molar refractivity (Wildman–Crippen MR) is 75.7 cm³/mol. The molecule has 1 aromatic carbocycles. The number of hydrogen-bond acceptors (Lipinski definition) is 1. The fraction of sp³-hybridized carbons (Fsp3) is 0.588. The highest BCUT2D eigenvalue weighted by Crippen LogP contribution is 2.43. The maximum atomic E-state index is 12.7. The van der Waals surface area contributed by atoms with Crippen molar-refractivity contribution in [3.63, 3.8) is 0 Å². The molecule has 98 valence electrons. The van der Waals surface area contributed by atoms with Gasteiger partial charge in [0, 0.05) is 11.5 Å². The van der Waals surface area contributed by atoms with Crippen molar-refractivity contribution in [3.05, 3.63) is 35.9 Å². The number of hydrogen-bond donors (Lipinski definition) is 0. The average molecular weight is 244 g/mol. The van der Waals surface area contributed by atoms with Crippen LogP contribution in [-0.2, 0) is 0 Å². The monoisotopic (exact) mass is 244 g/mol. The SMILES string of the molecule is CC(C)(C)[C@@H]1CCCCC1C(=O)c1ccccc1. The Balaban J connectivity index is 2.22. The standard InChI is InChI=1S/C17H24O/c1-17(2,3)15-12-8-7-11-14(15)16(18)13-9-5-4-6-10-13/h4-6,9-10,14-15H,7-8,11-12H2,1-3H3/t14?,15-/m1/s1. The summed E-state index contributed by atoms with van der Waals surface area (Å²) in [6, 6.07) is 9.80. The van der Waals surface area contributed by atoms with Gasteiger partial charge in [0.2, 0.25) is 0 Å². The topological polar surface area (TPSA) is 17.1 Å². The molecule has 0 bridgehead atoms. The minimum Gasteiger partial charge on any atom is -0.294 e. The van der Waals surface area contributed by atoms with E-state index in [0.717, 1.165) is 12.0 Å². The highest BCUT2D eigenvalue weighted by molar-refractivity contribution is 5.98. The Labute approximate surface area is 111 Å². The molecule has 0 aliphatic heterocycles. The van der Waals surface area contributed by atoms with Gasteiger partial charge in [-0.15, -0.1) is 0 Å². The van der Waals surface area contributed by atoms with Gasteiger partial charge in [-0.1, -0.05) is 63.9 Å². The third-order valence-corrected chi connectivity index (χ3v) is 4.27. The zero-order chi connectivity index (χ0) is 13.2. The molecule has 2 rings (SSSR count). The zero-order valence-electron chi connectivity index (χ0n) is 11.8. The maximum absolute atomic E-state index is 12.7. The van der Waals surface area contributed by atoms with Crippen molar-refractivity contribution in [1.29, 1.82) is 0 Å². The molecular formula is C17H24O. The molecule has 0 radical (unpaired) electrons. The number of carbonyl (C=O) groups excluding carboxylic acids is 1. The van der Waals surface area contributed by atoms with E-state index in [-0.39, 0.29) is 11.3 Å². The molecule has 0 saturated heterocycles. The molecular weight excluding hydrogens is 220 g/mol. The Morgan fingerprint density at radius 3 is 2.28 bits per heavy atom. The zero-order valence-corrected chi connectivity index (χ0v) is 11.8. The summed E-state index contributed by atoms with van der Waals surface area (Å²) < 4.78 is 0. The van der Waals surface area contributed by atoms with E-state index in [2.05, 4.69) is 20.8 Å². The second-order valence-corrected chi connectivity index (χ2v) is 6.59. The van der Waals surface area contributed by atoms with Crippen LogP contribution >= 0.6 is 0 Å². The van der Waals surface area contributed by atoms with E-state index in [1.807, 2.05) is 30.3 Å². The van der Waals surface area contributed by atoms with Gasteiger partial charge in [-0.3, -0.25) is 4.79 Å². The molecule has 1 aromatic rings. The van der Waals surface area contributed by atoms with Gasteiger partial charge >= 0.3 is 0 Å². The number of ketones is 1. The van der Waals surface area contributed by atoms with Gasteiger partial charge in [-0.05, 0) is 24.2 Å². The quantitative estimate of drug-likeness (QED) is 0.688. The summed E-state index contributed by atoms with van der Waals surface area (Å²) in [6.07, 6.45) is 4.75. The Kier molecular flexibility index (Phi) is 3.89. The highest BCUT2D eigenvalue weighted by Gasteiger charge is 2.38. The van der Waals surface area contributed by atoms with Crippen molar-refractivity contribution in [2.45, 2.75) is 46.5 Å². The fourth-order valence-electron chi connectivity index (χ4n) is 3.30. The average Bonchev–Trinajstić information content (AvgIpc) is 2.38. The third-order valence-electron chi connectivity index (χ3n) is 4.27. The van der Waals surface area contributed by atoms with Crippen LogP contribution in [0.3, 0.4) is 0 Å². The van der Waals surface area contributed by atoms with Crippen molar-refractivity contribution >= 4 is 5.78 Å². The van der Waals surface area contributed by atoms with Crippen LogP contribution in [0, 0.1) is 17.3 Å². The van der Waals surface area contributed by atoms with E-state index in [1.165, 1.54) is 19.3 Å². The molecule has 0 amide bonds. The molecule has 1 saturated carbocycles. The molecule has 1 heteroatoms. The lowest BCUT2D eigenvalue weighted by molar-refractivity contribution is 0.0651. The summed E-state index contributed by atoms with van der Waals surface area (Å²) in [4.78, 5) is 12.7. The molecule has 0 N–H and O–H groups in total. The third kappa shape index (κ3) is 2.82. The number of carbonyl (C=O) groups is 1. The molecule has 1 aliphatic carbocycles. The van der Waals surface area contributed by atoms with Gasteiger partial charge in [0.25, 0.3) is 0 Å². The normalized spacial score (nSPS) is 24.8. The molecule has 18 heavy (non-hydrogen) atoms. The van der Waals surface area contributed by atoms with Gasteiger partial charge in [0.05, 0.1) is 0 Å². The van der Waals surface area contributed by atoms with E-state index >= 15 is 0 Å². The Morgan fingerprint density at radius 2 is 1.67 bits per heavy atom. The predicted octanol–water partition coefficient (Wildman–Crippen LogP) is 4.72. The van der Waals surface area contributed by atoms with Crippen LogP contribution < -0.4 is 0 Å². The summed E-state index contributed by atoms with van der Waals surface area (Å²) in [5.41, 5.74) is 1.12. The minimum absolute atomic E-state index is 0.223. The molecule has 0 aromatic heterocycles. The largest absolute Gasteiger partial charge is 0.294 e. The highest BCUT2D eigenvalue weighted by atomic mass is 16.1. The lowest BCUT2D eigenvalue weighted by Crippen LogP contribution is -2.35. The smallest absolute Gasteiger partial charge is 0.166 e. The van der Waals surface area contributed by atoms with Crippen molar-refractivity contribution in [1.82, 2.24) is 0 Å². The summed E-state index contributed by atoms with van der Waals surface area (Å²) in [5.74, 6) is 1.11. The number of Topliss-reactive ketones (excluding diaryl/α,β-unsaturated/α-hetero) is 1. The number of rotatable bonds is 2. The Bertz CT molecular complexity index is 399. The van der Waals surface area contributed by atoms with Crippen LogP contribution in [0.5, 0.6) is 0 Å². The van der Waals surface area contributed by atoms with Crippen molar-refractivity contribution < 1.29 is 4.79 Å². The Morgan fingerprint density at radius 1 is 1.06 bits per heavy atom. The van der Waals surface area contributed by atoms with Gasteiger partial charge in [0.15, 0.2) is 5.78 Å². The lowest BCUT2D eigenvalue weighted by atomic mass is 9.64. The van der Waals surface area contributed by atoms with Gasteiger partial charge in [0.1, 0.15) is 0 Å². The minimum atomic E-state index is 0.223. The van der Waals surface area contributed by atoms with E-state index in [4.69, 9.17) is 0 Å². The molecule has 1 nitrogen and oxygen atoms in total. The van der Waals surface area contributed by atoms with Gasteiger partial charge in [-0.25, -0.2) is 0 Å². The summed E-state index contributed by atoms with van der Waals surface area (Å²) >= 11 is 0. The summed E-state index contributed by atoms with van der Waals surface area (Å²) in [6.45, 7) is 6.82. The summed E-state index contributed by atoms with van der Waals surface area (Å²) in [5, 5.41) is 0. The van der Waals surface area contributed by atoms with Crippen LogP contribution in [-0.4, -0.2) is 5.78 Å². The molecule has 1 unspecified atom stereocenters. The van der Waals surface area contributed by atoms with E-state index < -0.39 is 0 Å². The van der Waals surface area contributed by atoms with Crippen LogP contribution in [0.4, 0.5) is 0 Å². The fourth-order valence-corrected chi connectivity index (χ4v) is 3.30. The first kappa shape index (κ1) is 13.3. The molecule has 0 heterocycles. The Hall–Kier alpha value is -1.11. The van der Waals surface area contributed by atoms with E-state index in [0.29, 0.717) is 11.7 Å². The first-order valence-corrected chi connectivity index (χ1v) is 7.09. The second kappa shape index (κ2) is 5.26. The van der Waals surface area contributed by atoms with E-state index in [9.17, 15) is 4.79 Å². The van der Waals surface area contributed by atoms with Crippen molar-refractivity contribution in [3.8, 4) is 0 Å². The summed E-state index contributed by atoms with van der Waals surface area (Å²) in [7, 11) is 0. The van der Waals surface area contributed by atoms with Crippen LogP contribution in [0.15, 0.2) is 30.3 Å². The first-order chi connectivity index (χ1) is 8.50. The lowest BCUT2D eigenvalue weighted by Gasteiger charge is -2.39. The first-order valence-electron chi connectivity index (χ1n) is 7.09. The van der Waals surface area contributed by atoms with Crippen molar-refractivity contribution in [2.24, 2.45) is 17.3 Å². The van der Waals surface area contributed by atoms with E-state index in [1.54, 1.807) is 0 Å². The van der Waals surface area contributed by atoms with Crippen molar-refractivity contribution in [2.75, 3.05) is 0 Å². The molecule has 1 aliphatic rings. The molecule has 0 spiro atoms. The molecule has 2 atom stereocenters. The second-order valence-electron chi connectivity index (χ2n) is 6.59. The van der Waals surface area contributed by atoms with Gasteiger partial charge in [-0.2, -0.15) is 0 Å².